The molecule has 0 spiro atoms. The minimum atomic E-state index is -0.725. The number of rotatable bonds is 6. The van der Waals surface area contributed by atoms with Crippen LogP contribution in [0.4, 0.5) is 0 Å². The summed E-state index contributed by atoms with van der Waals surface area (Å²) in [5.41, 5.74) is 3.09. The molecule has 3 rings (SSSR count). The van der Waals surface area contributed by atoms with Crippen LogP contribution in [-0.4, -0.2) is 28.0 Å². The average molecular weight is 352 g/mol. The van der Waals surface area contributed by atoms with Gasteiger partial charge in [-0.2, -0.15) is 0 Å². The van der Waals surface area contributed by atoms with Gasteiger partial charge in [-0.15, -0.1) is 0 Å². The number of nitrogens with one attached hydrogen (secondary N) is 1. The third-order valence-corrected chi connectivity index (χ3v) is 5.08. The molecule has 1 aliphatic rings. The van der Waals surface area contributed by atoms with Crippen LogP contribution >= 0.6 is 0 Å². The lowest BCUT2D eigenvalue weighted by atomic mass is 9.86. The van der Waals surface area contributed by atoms with Gasteiger partial charge in [-0.25, -0.2) is 0 Å². The molecule has 136 valence electrons. The van der Waals surface area contributed by atoms with Gasteiger partial charge < -0.3 is 10.4 Å². The summed E-state index contributed by atoms with van der Waals surface area (Å²) in [6.07, 6.45) is 8.19. The summed E-state index contributed by atoms with van der Waals surface area (Å²) >= 11 is 0. The lowest BCUT2D eigenvalue weighted by molar-refractivity contribution is -0.142. The molecule has 1 aliphatic carbocycles. The number of benzene rings is 1. The molecule has 5 nitrogen and oxygen atoms in total. The Balaban J connectivity index is 1.48. The first-order chi connectivity index (χ1) is 12.6. The Bertz CT molecular complexity index is 736. The van der Waals surface area contributed by atoms with Crippen LogP contribution in [0.2, 0.25) is 0 Å². The number of amides is 1. The second-order valence-corrected chi connectivity index (χ2v) is 6.91. The maximum Gasteiger partial charge on any atom is 0.306 e. The molecule has 1 heterocycles. The highest BCUT2D eigenvalue weighted by atomic mass is 16.4. The van der Waals surface area contributed by atoms with Gasteiger partial charge in [-0.1, -0.05) is 12.1 Å². The summed E-state index contributed by atoms with van der Waals surface area (Å²) in [6.45, 7) is 0. The third kappa shape index (κ3) is 4.91. The quantitative estimate of drug-likeness (QED) is 0.836. The monoisotopic (exact) mass is 352 g/mol. The highest BCUT2D eigenvalue weighted by molar-refractivity contribution is 5.94. The highest BCUT2D eigenvalue weighted by Crippen LogP contribution is 2.24. The molecule has 1 fully saturated rings. The molecule has 0 saturated heterocycles. The highest BCUT2D eigenvalue weighted by Gasteiger charge is 2.26. The Morgan fingerprint density at radius 3 is 2.08 bits per heavy atom. The van der Waals surface area contributed by atoms with Crippen LogP contribution in [0.25, 0.3) is 0 Å². The van der Waals surface area contributed by atoms with E-state index in [1.165, 1.54) is 11.1 Å². The van der Waals surface area contributed by atoms with E-state index in [-0.39, 0.29) is 17.9 Å². The van der Waals surface area contributed by atoms with Crippen LogP contribution in [0.1, 0.15) is 47.2 Å². The number of carbonyl (C=O) groups excluding carboxylic acids is 1. The zero-order valence-electron chi connectivity index (χ0n) is 14.7. The van der Waals surface area contributed by atoms with Crippen molar-refractivity contribution in [1.29, 1.82) is 0 Å². The molecule has 1 aromatic carbocycles. The van der Waals surface area contributed by atoms with Crippen molar-refractivity contribution in [2.45, 2.75) is 44.6 Å². The fraction of sp³-hybridized carbons (Fsp3) is 0.381. The molecule has 0 atom stereocenters. The van der Waals surface area contributed by atoms with Crippen LogP contribution < -0.4 is 5.32 Å². The van der Waals surface area contributed by atoms with E-state index in [1.54, 1.807) is 12.4 Å². The van der Waals surface area contributed by atoms with Crippen molar-refractivity contribution < 1.29 is 14.7 Å². The first-order valence-corrected chi connectivity index (χ1v) is 9.13. The van der Waals surface area contributed by atoms with Crippen LogP contribution in [-0.2, 0) is 17.6 Å². The van der Waals surface area contributed by atoms with Crippen molar-refractivity contribution in [3.8, 4) is 0 Å². The van der Waals surface area contributed by atoms with Crippen molar-refractivity contribution in [3.63, 3.8) is 0 Å². The molecule has 0 unspecified atom stereocenters. The number of hydrogen-bond donors (Lipinski definition) is 2. The van der Waals surface area contributed by atoms with Gasteiger partial charge >= 0.3 is 5.97 Å². The zero-order chi connectivity index (χ0) is 18.4. The molecule has 0 bridgehead atoms. The van der Waals surface area contributed by atoms with Crippen molar-refractivity contribution in [1.82, 2.24) is 10.3 Å². The third-order valence-electron chi connectivity index (χ3n) is 5.08. The molecule has 0 radical (unpaired) electrons. The van der Waals surface area contributed by atoms with Gasteiger partial charge in [0.15, 0.2) is 0 Å². The second kappa shape index (κ2) is 8.61. The van der Waals surface area contributed by atoms with Gasteiger partial charge in [0.1, 0.15) is 0 Å². The molecule has 26 heavy (non-hydrogen) atoms. The first-order valence-electron chi connectivity index (χ1n) is 9.13. The second-order valence-electron chi connectivity index (χ2n) is 6.91. The number of aromatic nitrogens is 1. The smallest absolute Gasteiger partial charge is 0.306 e. The molecule has 2 aromatic rings. The molecule has 5 heteroatoms. The normalized spacial score (nSPS) is 19.7. The average Bonchev–Trinajstić information content (AvgIpc) is 2.68. The number of hydrogen-bond acceptors (Lipinski definition) is 3. The summed E-state index contributed by atoms with van der Waals surface area (Å²) in [6, 6.07) is 11.8. The molecule has 1 saturated carbocycles. The lowest BCUT2D eigenvalue weighted by Crippen LogP contribution is -2.38. The van der Waals surface area contributed by atoms with Crippen molar-refractivity contribution in [3.05, 3.63) is 65.5 Å². The zero-order valence-corrected chi connectivity index (χ0v) is 14.7. The predicted octanol–water partition coefficient (Wildman–Crippen LogP) is 3.24. The first kappa shape index (κ1) is 18.1. The van der Waals surface area contributed by atoms with Crippen LogP contribution in [0.15, 0.2) is 48.8 Å². The van der Waals surface area contributed by atoms with Crippen LogP contribution in [0.5, 0.6) is 0 Å². The summed E-state index contributed by atoms with van der Waals surface area (Å²) < 4.78 is 0. The topological polar surface area (TPSA) is 79.3 Å². The minimum absolute atomic E-state index is 0.0736. The van der Waals surface area contributed by atoms with E-state index in [2.05, 4.69) is 10.3 Å². The Morgan fingerprint density at radius 1 is 0.923 bits per heavy atom. The van der Waals surface area contributed by atoms with E-state index in [9.17, 15) is 9.59 Å². The molecule has 2 N–H and O–H groups in total. The lowest BCUT2D eigenvalue weighted by Gasteiger charge is -2.26. The molecular formula is C21H24N2O3. The van der Waals surface area contributed by atoms with Crippen molar-refractivity contribution in [2.75, 3.05) is 0 Å². The van der Waals surface area contributed by atoms with Gasteiger partial charge in [-0.3, -0.25) is 14.6 Å². The SMILES string of the molecule is O=C(NC1CCC(C(=O)O)CC1)c1ccc(CCc2ccncc2)cc1. The summed E-state index contributed by atoms with van der Waals surface area (Å²) in [4.78, 5) is 27.4. The molecule has 1 aromatic heterocycles. The maximum absolute atomic E-state index is 12.4. The summed E-state index contributed by atoms with van der Waals surface area (Å²) in [5, 5.41) is 12.1. The summed E-state index contributed by atoms with van der Waals surface area (Å²) in [5.74, 6) is -1.07. The van der Waals surface area contributed by atoms with E-state index in [1.807, 2.05) is 36.4 Å². The van der Waals surface area contributed by atoms with E-state index in [4.69, 9.17) is 5.11 Å². The Hall–Kier alpha value is -2.69. The van der Waals surface area contributed by atoms with Gasteiger partial charge in [0.2, 0.25) is 0 Å². The molecular weight excluding hydrogens is 328 g/mol. The van der Waals surface area contributed by atoms with Gasteiger partial charge in [0, 0.05) is 24.0 Å². The molecule has 0 aliphatic heterocycles. The fourth-order valence-electron chi connectivity index (χ4n) is 3.41. The maximum atomic E-state index is 12.4. The van der Waals surface area contributed by atoms with E-state index < -0.39 is 5.97 Å². The Labute approximate surface area is 153 Å². The van der Waals surface area contributed by atoms with Gasteiger partial charge in [-0.05, 0) is 73.9 Å². The fourth-order valence-corrected chi connectivity index (χ4v) is 3.41. The van der Waals surface area contributed by atoms with Crippen molar-refractivity contribution >= 4 is 11.9 Å². The minimum Gasteiger partial charge on any atom is -0.481 e. The summed E-state index contributed by atoms with van der Waals surface area (Å²) in [7, 11) is 0. The largest absolute Gasteiger partial charge is 0.481 e. The Kier molecular flexibility index (Phi) is 6.00. The van der Waals surface area contributed by atoms with Crippen LogP contribution in [0.3, 0.4) is 0 Å². The number of aliphatic carboxylic acids is 1. The number of carboxylic acids is 1. The number of nitrogens with zero attached hydrogens (tertiary/aromatic N) is 1. The standard InChI is InChI=1S/C21H24N2O3/c24-20(23-19-9-7-18(8-10-19)21(25)26)17-5-3-15(4-6-17)1-2-16-11-13-22-14-12-16/h3-6,11-14,18-19H,1-2,7-10H2,(H,23,24)(H,25,26). The van der Waals surface area contributed by atoms with E-state index >= 15 is 0 Å². The number of carboxylic acid groups (broad SMARTS) is 1. The number of aryl methyl sites for hydroxylation is 2. The van der Waals surface area contributed by atoms with Crippen molar-refractivity contribution in [2.24, 2.45) is 5.92 Å². The van der Waals surface area contributed by atoms with Crippen LogP contribution in [0, 0.1) is 5.92 Å². The number of carbonyl (C=O) groups is 2. The Morgan fingerprint density at radius 2 is 1.50 bits per heavy atom. The van der Waals surface area contributed by atoms with E-state index in [0.29, 0.717) is 18.4 Å². The van der Waals surface area contributed by atoms with E-state index in [0.717, 1.165) is 25.7 Å². The van der Waals surface area contributed by atoms with Gasteiger partial charge in [0.25, 0.3) is 5.91 Å². The molecule has 1 amide bonds. The van der Waals surface area contributed by atoms with Gasteiger partial charge in [0.05, 0.1) is 5.92 Å². The predicted molar refractivity (Wildman–Crippen MR) is 98.9 cm³/mol. The number of pyridine rings is 1.